The van der Waals surface area contributed by atoms with E-state index in [1.807, 2.05) is 11.3 Å². The zero-order valence-corrected chi connectivity index (χ0v) is 27.8. The first-order chi connectivity index (χ1) is 24.8. The second-order valence-corrected chi connectivity index (χ2v) is 14.3. The van der Waals surface area contributed by atoms with E-state index in [0.29, 0.717) is 0 Å². The molecule has 0 N–H and O–H groups in total. The van der Waals surface area contributed by atoms with Crippen LogP contribution in [0.1, 0.15) is 0 Å². The van der Waals surface area contributed by atoms with Gasteiger partial charge < -0.3 is 4.42 Å². The van der Waals surface area contributed by atoms with Gasteiger partial charge in [0.1, 0.15) is 11.2 Å². The van der Waals surface area contributed by atoms with Gasteiger partial charge in [0.25, 0.3) is 0 Å². The predicted octanol–water partition coefficient (Wildman–Crippen LogP) is 14.4. The first-order valence-electron chi connectivity index (χ1n) is 17.1. The van der Waals surface area contributed by atoms with Gasteiger partial charge in [-0.05, 0) is 108 Å². The minimum atomic E-state index is 0.928. The van der Waals surface area contributed by atoms with Crippen LogP contribution >= 0.6 is 11.3 Å². The van der Waals surface area contributed by atoms with E-state index in [1.165, 1.54) is 91.3 Å². The molecule has 0 atom stereocenters. The van der Waals surface area contributed by atoms with E-state index in [2.05, 4.69) is 170 Å². The van der Waals surface area contributed by atoms with Crippen LogP contribution in [0.4, 0.5) is 0 Å². The lowest BCUT2D eigenvalue weighted by Crippen LogP contribution is -1.91. The van der Waals surface area contributed by atoms with Gasteiger partial charge in [0.05, 0.1) is 0 Å². The van der Waals surface area contributed by atoms with Crippen molar-refractivity contribution in [1.29, 1.82) is 0 Å². The van der Waals surface area contributed by atoms with Crippen LogP contribution in [0.2, 0.25) is 0 Å². The molecule has 0 aliphatic carbocycles. The largest absolute Gasteiger partial charge is 0.456 e. The Morgan fingerprint density at radius 1 is 0.300 bits per heavy atom. The van der Waals surface area contributed by atoms with Crippen LogP contribution in [0.15, 0.2) is 174 Å². The van der Waals surface area contributed by atoms with Crippen LogP contribution in [-0.2, 0) is 0 Å². The summed E-state index contributed by atoms with van der Waals surface area (Å²) in [5.74, 6) is 0. The monoisotopic (exact) mass is 652 g/mol. The summed E-state index contributed by atoms with van der Waals surface area (Å²) in [7, 11) is 0. The number of thiophene rings is 1. The molecule has 0 saturated carbocycles. The Hall–Kier alpha value is -6.22. The lowest BCUT2D eigenvalue weighted by molar-refractivity contribution is 0.670. The van der Waals surface area contributed by atoms with Crippen LogP contribution in [0, 0.1) is 0 Å². The third kappa shape index (κ3) is 4.13. The van der Waals surface area contributed by atoms with Crippen molar-refractivity contribution in [2.24, 2.45) is 0 Å². The van der Waals surface area contributed by atoms with Gasteiger partial charge in [0.15, 0.2) is 0 Å². The molecule has 50 heavy (non-hydrogen) atoms. The average Bonchev–Trinajstić information content (AvgIpc) is 3.71. The molecule has 0 bridgehead atoms. The molecular weight excluding hydrogens is 625 g/mol. The summed E-state index contributed by atoms with van der Waals surface area (Å²) < 4.78 is 9.09. The first kappa shape index (κ1) is 27.7. The van der Waals surface area contributed by atoms with E-state index in [4.69, 9.17) is 4.42 Å². The highest BCUT2D eigenvalue weighted by atomic mass is 32.1. The Balaban J connectivity index is 1.07. The number of rotatable bonds is 3. The fourth-order valence-electron chi connectivity index (χ4n) is 8.13. The van der Waals surface area contributed by atoms with Crippen LogP contribution in [0.5, 0.6) is 0 Å². The van der Waals surface area contributed by atoms with Gasteiger partial charge in [-0.1, -0.05) is 127 Å². The van der Waals surface area contributed by atoms with Crippen molar-refractivity contribution in [3.8, 4) is 33.4 Å². The standard InChI is InChI=1S/C48H28OS/c1-2-11-29(12-3-1)47-36-16-4-6-18-38(36)48(39-19-7-5-17-37(39)47)33-14-10-13-30(23-33)31-21-22-32-25-40-41-27-42-35-15-8-9-20-45(35)50-46(42)28-44(41)49-43(40)26-34(32)24-31/h1-28H. The number of benzene rings is 9. The van der Waals surface area contributed by atoms with Crippen molar-refractivity contribution in [3.05, 3.63) is 170 Å². The number of furan rings is 1. The van der Waals surface area contributed by atoms with Crippen molar-refractivity contribution in [1.82, 2.24) is 0 Å². The van der Waals surface area contributed by atoms with Crippen molar-refractivity contribution in [2.75, 3.05) is 0 Å². The van der Waals surface area contributed by atoms with Gasteiger partial charge in [-0.15, -0.1) is 11.3 Å². The fourth-order valence-corrected chi connectivity index (χ4v) is 9.24. The maximum atomic E-state index is 6.52. The van der Waals surface area contributed by atoms with Crippen molar-refractivity contribution in [3.63, 3.8) is 0 Å². The number of hydrogen-bond donors (Lipinski definition) is 0. The first-order valence-corrected chi connectivity index (χ1v) is 17.9. The lowest BCUT2D eigenvalue weighted by atomic mass is 9.85. The molecule has 9 aromatic carbocycles. The summed E-state index contributed by atoms with van der Waals surface area (Å²) in [5.41, 5.74) is 9.28. The van der Waals surface area contributed by atoms with Gasteiger partial charge in [-0.3, -0.25) is 0 Å². The molecule has 0 aliphatic heterocycles. The molecule has 2 heteroatoms. The van der Waals surface area contributed by atoms with Gasteiger partial charge in [-0.25, -0.2) is 0 Å². The Morgan fingerprint density at radius 3 is 1.64 bits per heavy atom. The third-order valence-corrected chi connectivity index (χ3v) is 11.5. The summed E-state index contributed by atoms with van der Waals surface area (Å²) in [4.78, 5) is 0. The van der Waals surface area contributed by atoms with Crippen LogP contribution in [0.25, 0.3) is 108 Å². The van der Waals surface area contributed by atoms with Crippen LogP contribution < -0.4 is 0 Å². The van der Waals surface area contributed by atoms with Crippen LogP contribution in [0.3, 0.4) is 0 Å². The van der Waals surface area contributed by atoms with Crippen molar-refractivity contribution < 1.29 is 4.42 Å². The molecule has 1 nitrogen and oxygen atoms in total. The smallest absolute Gasteiger partial charge is 0.136 e. The van der Waals surface area contributed by atoms with E-state index >= 15 is 0 Å². The van der Waals surface area contributed by atoms with Crippen LogP contribution in [-0.4, -0.2) is 0 Å². The second-order valence-electron chi connectivity index (χ2n) is 13.2. The minimum Gasteiger partial charge on any atom is -0.456 e. The Bertz CT molecular complexity index is 3090. The summed E-state index contributed by atoms with van der Waals surface area (Å²) >= 11 is 1.83. The van der Waals surface area contributed by atoms with E-state index in [1.54, 1.807) is 0 Å². The summed E-state index contributed by atoms with van der Waals surface area (Å²) in [6.07, 6.45) is 0. The highest BCUT2D eigenvalue weighted by Gasteiger charge is 2.17. The summed E-state index contributed by atoms with van der Waals surface area (Å²) in [5, 5.41) is 12.4. The molecular formula is C48H28OS. The average molecular weight is 653 g/mol. The second kappa shape index (κ2) is 10.6. The molecule has 0 spiro atoms. The number of fused-ring (bicyclic) bond motifs is 9. The lowest BCUT2D eigenvalue weighted by Gasteiger charge is -2.18. The van der Waals surface area contributed by atoms with Gasteiger partial charge in [-0.2, -0.15) is 0 Å². The minimum absolute atomic E-state index is 0.928. The third-order valence-electron chi connectivity index (χ3n) is 10.4. The molecule has 0 saturated heterocycles. The van der Waals surface area contributed by atoms with E-state index in [0.717, 1.165) is 16.6 Å². The SMILES string of the molecule is c1ccc(-c2c3ccccc3c(-c3cccc(-c4ccc5cc6c(cc5c4)oc4cc5sc7ccccc7c5cc46)c3)c3ccccc23)cc1. The van der Waals surface area contributed by atoms with Crippen molar-refractivity contribution >= 4 is 85.8 Å². The molecule has 0 aliphatic rings. The molecule has 0 radical (unpaired) electrons. The maximum Gasteiger partial charge on any atom is 0.136 e. The molecule has 11 rings (SSSR count). The van der Waals surface area contributed by atoms with Gasteiger partial charge in [0, 0.05) is 30.9 Å². The zero-order valence-electron chi connectivity index (χ0n) is 27.0. The zero-order chi connectivity index (χ0) is 32.8. The molecule has 2 heterocycles. The molecule has 232 valence electrons. The Labute approximate surface area is 292 Å². The predicted molar refractivity (Wildman–Crippen MR) is 215 cm³/mol. The molecule has 2 aromatic heterocycles. The molecule has 0 unspecified atom stereocenters. The van der Waals surface area contributed by atoms with Gasteiger partial charge in [0.2, 0.25) is 0 Å². The normalized spacial score (nSPS) is 12.0. The quantitative estimate of drug-likeness (QED) is 0.173. The van der Waals surface area contributed by atoms with Crippen molar-refractivity contribution in [2.45, 2.75) is 0 Å². The molecule has 0 fully saturated rings. The maximum absolute atomic E-state index is 6.52. The van der Waals surface area contributed by atoms with Gasteiger partial charge >= 0.3 is 0 Å². The van der Waals surface area contributed by atoms with E-state index < -0.39 is 0 Å². The Morgan fingerprint density at radius 2 is 0.880 bits per heavy atom. The highest BCUT2D eigenvalue weighted by Crippen LogP contribution is 2.45. The Kier molecular flexibility index (Phi) is 5.89. The summed E-state index contributed by atoms with van der Waals surface area (Å²) in [6.45, 7) is 0. The summed E-state index contributed by atoms with van der Waals surface area (Å²) in [6, 6.07) is 62.1. The van der Waals surface area contributed by atoms with E-state index in [-0.39, 0.29) is 0 Å². The molecule has 11 aromatic rings. The highest BCUT2D eigenvalue weighted by molar-refractivity contribution is 7.25. The molecule has 0 amide bonds. The van der Waals surface area contributed by atoms with E-state index in [9.17, 15) is 0 Å². The number of hydrogen-bond acceptors (Lipinski definition) is 2. The fraction of sp³-hybridized carbons (Fsp3) is 0. The topological polar surface area (TPSA) is 13.1 Å².